The molecule has 1 heterocycles. The maximum Gasteiger partial charge on any atom is 0.303 e. The van der Waals surface area contributed by atoms with Crippen LogP contribution in [0.3, 0.4) is 0 Å². The van der Waals surface area contributed by atoms with Gasteiger partial charge < -0.3 is 50.0 Å². The molecule has 5 fully saturated rings. The Morgan fingerprint density at radius 3 is 2.16 bits per heavy atom. The first-order valence-corrected chi connectivity index (χ1v) is 18.5. The normalized spacial score (nSPS) is 49.5. The quantitative estimate of drug-likeness (QED) is 0.107. The number of hydrogen-bond donors (Lipinski definition) is 7. The first kappa shape index (κ1) is 39.1. The molecule has 1 aliphatic heterocycles. The fraction of sp³-hybridized carbons (Fsp3) is 0.921. The molecule has 17 atom stereocenters. The van der Waals surface area contributed by atoms with E-state index < -0.39 is 84.1 Å². The zero-order valence-electron chi connectivity index (χ0n) is 30.8. The maximum absolute atomic E-state index is 12.2. The Morgan fingerprint density at radius 1 is 0.939 bits per heavy atom. The van der Waals surface area contributed by atoms with Gasteiger partial charge in [-0.05, 0) is 105 Å². The third kappa shape index (κ3) is 6.05. The van der Waals surface area contributed by atoms with Gasteiger partial charge in [0, 0.05) is 12.3 Å². The van der Waals surface area contributed by atoms with Gasteiger partial charge in [-0.2, -0.15) is 0 Å². The number of hydrogen-bond acceptors (Lipinski definition) is 11. The van der Waals surface area contributed by atoms with Crippen LogP contribution in [0.5, 0.6) is 0 Å². The van der Waals surface area contributed by atoms with Crippen LogP contribution in [0.15, 0.2) is 12.2 Å². The Hall–Kier alpha value is -1.15. The van der Waals surface area contributed by atoms with Gasteiger partial charge in [-0.15, -0.1) is 0 Å². The molecule has 5 aliphatic rings. The van der Waals surface area contributed by atoms with Crippen LogP contribution in [0.4, 0.5) is 0 Å². The molecule has 1 saturated heterocycles. The van der Waals surface area contributed by atoms with Crippen LogP contribution in [0.1, 0.15) is 107 Å². The van der Waals surface area contributed by atoms with E-state index in [2.05, 4.69) is 27.4 Å². The minimum absolute atomic E-state index is 0.0780. The lowest BCUT2D eigenvalue weighted by atomic mass is 9.34. The predicted octanol–water partition coefficient (Wildman–Crippen LogP) is 2.84. The van der Waals surface area contributed by atoms with E-state index in [0.29, 0.717) is 18.4 Å². The largest absolute Gasteiger partial charge is 0.454 e. The summed E-state index contributed by atoms with van der Waals surface area (Å²) >= 11 is 0. The molecule has 7 N–H and O–H groups in total. The van der Waals surface area contributed by atoms with E-state index in [-0.39, 0.29) is 34.5 Å². The zero-order chi connectivity index (χ0) is 36.6. The molecule has 0 radical (unpaired) electrons. The summed E-state index contributed by atoms with van der Waals surface area (Å²) in [6.45, 7) is 19.1. The molecular formula is C38H64O11. The Morgan fingerprint density at radius 2 is 1.57 bits per heavy atom. The van der Waals surface area contributed by atoms with Gasteiger partial charge >= 0.3 is 5.97 Å². The lowest BCUT2D eigenvalue weighted by molar-refractivity contribution is -0.355. The van der Waals surface area contributed by atoms with Crippen molar-refractivity contribution >= 4 is 5.97 Å². The van der Waals surface area contributed by atoms with Gasteiger partial charge in [0.05, 0.1) is 30.5 Å². The molecule has 282 valence electrons. The van der Waals surface area contributed by atoms with Gasteiger partial charge in [0.1, 0.15) is 24.4 Å². The smallest absolute Gasteiger partial charge is 0.303 e. The average molecular weight is 697 g/mol. The van der Waals surface area contributed by atoms with Crippen LogP contribution in [0, 0.1) is 45.3 Å². The van der Waals surface area contributed by atoms with Crippen LogP contribution in [0.2, 0.25) is 0 Å². The van der Waals surface area contributed by atoms with E-state index in [0.717, 1.165) is 38.5 Å². The van der Waals surface area contributed by atoms with E-state index in [1.807, 2.05) is 27.7 Å². The lowest BCUT2D eigenvalue weighted by Crippen LogP contribution is -2.73. The molecule has 0 amide bonds. The number of carbonyl (C=O) groups excluding carboxylic acids is 1. The van der Waals surface area contributed by atoms with Gasteiger partial charge in [0.15, 0.2) is 12.4 Å². The van der Waals surface area contributed by atoms with Crippen molar-refractivity contribution in [3.8, 4) is 0 Å². The van der Waals surface area contributed by atoms with Gasteiger partial charge in [-0.25, -0.2) is 0 Å². The highest BCUT2D eigenvalue weighted by atomic mass is 16.7. The standard InChI is InChI=1S/C38H64O11/c1-19(2)23(41)13-17-37(8,46)22-12-15-35(6)21(22)10-11-26-36(35,7)16-14-25-34(4,5)32(29(44)31(45)38(25,26)9)49-33-30(47-20(3)40)28(43)27(42)24(18-39)48-33/h21-33,39,41-46H,1,10-18H2,2-9H3/t21-,22+,23-,24-,25+,26+,27-,28+,29-,30-,31-,32+,33+,35-,36-,37-,38+/m1/s1. The van der Waals surface area contributed by atoms with Crippen molar-refractivity contribution in [2.45, 2.75) is 167 Å². The van der Waals surface area contributed by atoms with E-state index in [1.165, 1.54) is 6.92 Å². The van der Waals surface area contributed by atoms with Crippen molar-refractivity contribution < 1.29 is 54.8 Å². The first-order valence-electron chi connectivity index (χ1n) is 18.5. The molecule has 5 rings (SSSR count). The van der Waals surface area contributed by atoms with Crippen molar-refractivity contribution in [1.29, 1.82) is 0 Å². The highest BCUT2D eigenvalue weighted by Crippen LogP contribution is 2.76. The highest BCUT2D eigenvalue weighted by Gasteiger charge is 2.73. The van der Waals surface area contributed by atoms with Crippen LogP contribution >= 0.6 is 0 Å². The van der Waals surface area contributed by atoms with Crippen molar-refractivity contribution in [3.63, 3.8) is 0 Å². The number of aliphatic hydroxyl groups excluding tert-OH is 6. The number of aliphatic hydroxyl groups is 7. The molecule has 0 spiro atoms. The Balaban J connectivity index is 1.42. The van der Waals surface area contributed by atoms with Crippen LogP contribution in [-0.2, 0) is 19.0 Å². The summed E-state index contributed by atoms with van der Waals surface area (Å²) in [4.78, 5) is 12.0. The average Bonchev–Trinajstić information content (AvgIpc) is 3.39. The van der Waals surface area contributed by atoms with Crippen molar-refractivity contribution in [3.05, 3.63) is 12.2 Å². The molecule has 0 unspecified atom stereocenters. The van der Waals surface area contributed by atoms with E-state index in [1.54, 1.807) is 0 Å². The molecule has 0 bridgehead atoms. The molecule has 11 nitrogen and oxygen atoms in total. The monoisotopic (exact) mass is 696 g/mol. The third-order valence-corrected chi connectivity index (χ3v) is 15.2. The summed E-state index contributed by atoms with van der Waals surface area (Å²) in [5, 5.41) is 77.6. The van der Waals surface area contributed by atoms with Crippen molar-refractivity contribution in [1.82, 2.24) is 0 Å². The van der Waals surface area contributed by atoms with Gasteiger partial charge in [-0.3, -0.25) is 4.79 Å². The molecule has 4 saturated carbocycles. The fourth-order valence-electron chi connectivity index (χ4n) is 12.3. The Bertz CT molecular complexity index is 1240. The second kappa shape index (κ2) is 13.4. The number of fused-ring (bicyclic) bond motifs is 5. The van der Waals surface area contributed by atoms with Crippen LogP contribution in [-0.4, -0.2) is 109 Å². The van der Waals surface area contributed by atoms with E-state index >= 15 is 0 Å². The summed E-state index contributed by atoms with van der Waals surface area (Å²) in [5.41, 5.74) is -1.89. The number of carbonyl (C=O) groups is 1. The molecule has 49 heavy (non-hydrogen) atoms. The summed E-state index contributed by atoms with van der Waals surface area (Å²) < 4.78 is 17.5. The number of ether oxygens (including phenoxy) is 3. The molecular weight excluding hydrogens is 632 g/mol. The van der Waals surface area contributed by atoms with Crippen molar-refractivity contribution in [2.75, 3.05) is 6.61 Å². The Labute approximate surface area is 292 Å². The number of rotatable bonds is 9. The van der Waals surface area contributed by atoms with E-state index in [4.69, 9.17) is 14.2 Å². The van der Waals surface area contributed by atoms with Gasteiger partial charge in [0.25, 0.3) is 0 Å². The summed E-state index contributed by atoms with van der Waals surface area (Å²) in [6.07, 6.45) is -5.04. The number of esters is 1. The van der Waals surface area contributed by atoms with Crippen LogP contribution < -0.4 is 0 Å². The lowest BCUT2D eigenvalue weighted by Gasteiger charge is -2.71. The third-order valence-electron chi connectivity index (χ3n) is 15.2. The molecule has 0 aromatic carbocycles. The topological polar surface area (TPSA) is 186 Å². The van der Waals surface area contributed by atoms with E-state index in [9.17, 15) is 40.5 Å². The highest BCUT2D eigenvalue weighted by molar-refractivity contribution is 5.66. The first-order chi connectivity index (χ1) is 22.6. The van der Waals surface area contributed by atoms with Gasteiger partial charge in [-0.1, -0.05) is 46.8 Å². The molecule has 0 aromatic heterocycles. The fourth-order valence-corrected chi connectivity index (χ4v) is 12.3. The molecule has 4 aliphatic carbocycles. The van der Waals surface area contributed by atoms with Gasteiger partial charge in [0.2, 0.25) is 0 Å². The molecule has 0 aromatic rings. The maximum atomic E-state index is 12.2. The summed E-state index contributed by atoms with van der Waals surface area (Å²) in [6, 6.07) is 0. The van der Waals surface area contributed by atoms with Crippen molar-refractivity contribution in [2.24, 2.45) is 45.3 Å². The second-order valence-electron chi connectivity index (χ2n) is 18.0. The predicted molar refractivity (Wildman–Crippen MR) is 181 cm³/mol. The summed E-state index contributed by atoms with van der Waals surface area (Å²) in [5.74, 6) is -0.350. The second-order valence-corrected chi connectivity index (χ2v) is 18.0. The SMILES string of the molecule is C=C(C)[C@H](O)CC[C@@](C)(O)[C@H]1CC[C@]2(C)[C@@H]1CC[C@@H]1[C@@]3(C)[C@H](O)[C@@H](O)[C@H](O[C@@H]4O[C@H](CO)[C@@H](O)[C@H](O)[C@H]4OC(C)=O)C(C)(C)[C@@H]3CC[C@]12C. The minimum Gasteiger partial charge on any atom is -0.454 e. The Kier molecular flexibility index (Phi) is 10.7. The van der Waals surface area contributed by atoms with Crippen LogP contribution in [0.25, 0.3) is 0 Å². The zero-order valence-corrected chi connectivity index (χ0v) is 30.8. The summed E-state index contributed by atoms with van der Waals surface area (Å²) in [7, 11) is 0. The molecule has 11 heteroatoms. The minimum atomic E-state index is -1.60.